The summed E-state index contributed by atoms with van der Waals surface area (Å²) in [6.45, 7) is 1.49. The van der Waals surface area contributed by atoms with Crippen LogP contribution in [0.5, 0.6) is 11.5 Å². The lowest BCUT2D eigenvalue weighted by atomic mass is 10.3. The van der Waals surface area contributed by atoms with Crippen LogP contribution in [0.1, 0.15) is 0 Å². The number of hydrogen-bond donors (Lipinski definition) is 0. The Balaban J connectivity index is 1.42. The van der Waals surface area contributed by atoms with Crippen molar-refractivity contribution in [1.82, 2.24) is 33.6 Å². The predicted molar refractivity (Wildman–Crippen MR) is 129 cm³/mol. The molecule has 0 N–H and O–H groups in total. The molecule has 3 aromatic heterocycles. The van der Waals surface area contributed by atoms with E-state index >= 15 is 0 Å². The Kier molecular flexibility index (Phi) is 5.81. The van der Waals surface area contributed by atoms with E-state index in [1.807, 2.05) is 29.8 Å². The molecule has 4 heterocycles. The first-order valence-electron chi connectivity index (χ1n) is 11.0. The Labute approximate surface area is 202 Å². The van der Waals surface area contributed by atoms with Crippen LogP contribution in [0.15, 0.2) is 41.8 Å². The molecule has 1 fully saturated rings. The van der Waals surface area contributed by atoms with Crippen molar-refractivity contribution >= 4 is 27.0 Å². The fourth-order valence-electron chi connectivity index (χ4n) is 4.28. The molecule has 0 saturated carbocycles. The summed E-state index contributed by atoms with van der Waals surface area (Å²) in [6, 6.07) is 4.76. The van der Waals surface area contributed by atoms with Gasteiger partial charge in [0.25, 0.3) is 0 Å². The summed E-state index contributed by atoms with van der Waals surface area (Å²) in [6.07, 6.45) is 5.16. The van der Waals surface area contributed by atoms with Crippen LogP contribution in [0.25, 0.3) is 22.6 Å². The molecule has 1 aliphatic rings. The van der Waals surface area contributed by atoms with Crippen molar-refractivity contribution in [3.8, 4) is 22.9 Å². The number of sulfonamides is 1. The maximum absolute atomic E-state index is 13.4. The van der Waals surface area contributed by atoms with E-state index in [1.165, 1.54) is 30.9 Å². The third-order valence-corrected chi connectivity index (χ3v) is 8.05. The Morgan fingerprint density at radius 3 is 2.43 bits per heavy atom. The van der Waals surface area contributed by atoms with E-state index in [9.17, 15) is 8.42 Å². The van der Waals surface area contributed by atoms with Gasteiger partial charge in [-0.25, -0.2) is 23.4 Å². The van der Waals surface area contributed by atoms with Crippen molar-refractivity contribution in [2.75, 3.05) is 45.3 Å². The number of ether oxygens (including phenoxy) is 2. The van der Waals surface area contributed by atoms with Gasteiger partial charge in [0.05, 0.1) is 26.0 Å². The van der Waals surface area contributed by atoms with Crippen LogP contribution in [0, 0.1) is 0 Å². The Morgan fingerprint density at radius 1 is 1.00 bits per heavy atom. The van der Waals surface area contributed by atoms with E-state index in [2.05, 4.69) is 15.1 Å². The van der Waals surface area contributed by atoms with Gasteiger partial charge in [-0.05, 0) is 12.1 Å². The molecule has 0 amide bonds. The van der Waals surface area contributed by atoms with Crippen molar-refractivity contribution in [3.63, 3.8) is 0 Å². The van der Waals surface area contributed by atoms with Gasteiger partial charge in [0.15, 0.2) is 17.0 Å². The van der Waals surface area contributed by atoms with Crippen molar-refractivity contribution in [2.45, 2.75) is 4.90 Å². The molecule has 0 unspecified atom stereocenters. The summed E-state index contributed by atoms with van der Waals surface area (Å²) >= 11 is 0. The second-order valence-corrected chi connectivity index (χ2v) is 10.1. The standard InChI is InChI=1S/C22H26N8O4S/c1-27-13-15(12-25-27)20-26-19-21(28(20)2)23-14-24-22(19)29-7-9-30(10-8-29)35(31,32)18-11-16(33-3)5-6-17(18)34-4/h5-6,11-14H,7-10H2,1-4H3. The molecule has 12 nitrogen and oxygen atoms in total. The van der Waals surface area contributed by atoms with Gasteiger partial charge in [0.1, 0.15) is 28.5 Å². The van der Waals surface area contributed by atoms with Gasteiger partial charge < -0.3 is 18.9 Å². The molecule has 1 aromatic carbocycles. The van der Waals surface area contributed by atoms with Gasteiger partial charge in [0.2, 0.25) is 10.0 Å². The maximum atomic E-state index is 13.4. The lowest BCUT2D eigenvalue weighted by molar-refractivity contribution is 0.370. The van der Waals surface area contributed by atoms with Gasteiger partial charge in [-0.2, -0.15) is 9.40 Å². The smallest absolute Gasteiger partial charge is 0.247 e. The molecule has 1 saturated heterocycles. The van der Waals surface area contributed by atoms with Crippen molar-refractivity contribution in [1.29, 1.82) is 0 Å². The Morgan fingerprint density at radius 2 is 1.77 bits per heavy atom. The number of rotatable bonds is 6. The predicted octanol–water partition coefficient (Wildman–Crippen LogP) is 1.29. The SMILES string of the molecule is COc1ccc(OC)c(S(=O)(=O)N2CCN(c3ncnc4c3nc(-c3cnn(C)c3)n4C)CC2)c1. The van der Waals surface area contributed by atoms with Crippen LogP contribution < -0.4 is 14.4 Å². The topological polar surface area (TPSA) is 120 Å². The van der Waals surface area contributed by atoms with Gasteiger partial charge in [-0.15, -0.1) is 0 Å². The molecular formula is C22H26N8O4S. The molecule has 0 radical (unpaired) electrons. The normalized spacial score (nSPS) is 15.0. The summed E-state index contributed by atoms with van der Waals surface area (Å²) in [4.78, 5) is 15.9. The maximum Gasteiger partial charge on any atom is 0.247 e. The number of aromatic nitrogens is 6. The number of imidazole rings is 1. The van der Waals surface area contributed by atoms with E-state index in [4.69, 9.17) is 14.5 Å². The number of benzene rings is 1. The summed E-state index contributed by atoms with van der Waals surface area (Å²) in [5.74, 6) is 2.14. The summed E-state index contributed by atoms with van der Waals surface area (Å²) in [5, 5.41) is 4.23. The van der Waals surface area contributed by atoms with Gasteiger partial charge in [-0.1, -0.05) is 0 Å². The van der Waals surface area contributed by atoms with Crippen molar-refractivity contribution in [3.05, 3.63) is 36.9 Å². The second kappa shape index (κ2) is 8.82. The zero-order valence-corrected chi connectivity index (χ0v) is 20.7. The highest BCUT2D eigenvalue weighted by Crippen LogP contribution is 2.32. The molecule has 13 heteroatoms. The largest absolute Gasteiger partial charge is 0.497 e. The Bertz CT molecular complexity index is 1490. The van der Waals surface area contributed by atoms with Crippen molar-refractivity contribution < 1.29 is 17.9 Å². The monoisotopic (exact) mass is 498 g/mol. The summed E-state index contributed by atoms with van der Waals surface area (Å²) in [5.41, 5.74) is 2.24. The minimum atomic E-state index is -3.78. The van der Waals surface area contributed by atoms with Gasteiger partial charge in [0, 0.05) is 52.5 Å². The first-order chi connectivity index (χ1) is 16.8. The number of piperazine rings is 1. The number of anilines is 1. The number of fused-ring (bicyclic) bond motifs is 1. The average molecular weight is 499 g/mol. The molecule has 0 spiro atoms. The molecule has 0 aliphatic carbocycles. The van der Waals surface area contributed by atoms with Crippen LogP contribution >= 0.6 is 0 Å². The highest BCUT2D eigenvalue weighted by atomic mass is 32.2. The molecule has 1 aliphatic heterocycles. The first-order valence-corrected chi connectivity index (χ1v) is 12.4. The zero-order chi connectivity index (χ0) is 24.7. The lowest BCUT2D eigenvalue weighted by Gasteiger charge is -2.34. The van der Waals surface area contributed by atoms with Crippen molar-refractivity contribution in [2.24, 2.45) is 14.1 Å². The van der Waals surface area contributed by atoms with Crippen LogP contribution in [0.2, 0.25) is 0 Å². The molecule has 35 heavy (non-hydrogen) atoms. The fraction of sp³-hybridized carbons (Fsp3) is 0.364. The van der Waals surface area contributed by atoms with E-state index < -0.39 is 10.0 Å². The number of nitrogens with zero attached hydrogens (tertiary/aromatic N) is 8. The quantitative estimate of drug-likeness (QED) is 0.387. The van der Waals surface area contributed by atoms with Crippen LogP contribution in [0.4, 0.5) is 5.82 Å². The molecule has 0 bridgehead atoms. The highest BCUT2D eigenvalue weighted by molar-refractivity contribution is 7.89. The second-order valence-electron chi connectivity index (χ2n) is 8.17. The number of hydrogen-bond acceptors (Lipinski definition) is 9. The first kappa shape index (κ1) is 23.1. The molecule has 5 rings (SSSR count). The lowest BCUT2D eigenvalue weighted by Crippen LogP contribution is -2.49. The summed E-state index contributed by atoms with van der Waals surface area (Å²) in [7, 11) is 2.92. The molecule has 0 atom stereocenters. The van der Waals surface area contributed by atoms with Gasteiger partial charge >= 0.3 is 0 Å². The third-order valence-electron chi connectivity index (χ3n) is 6.13. The minimum Gasteiger partial charge on any atom is -0.497 e. The highest BCUT2D eigenvalue weighted by Gasteiger charge is 2.32. The minimum absolute atomic E-state index is 0.0862. The molecule has 4 aromatic rings. The summed E-state index contributed by atoms with van der Waals surface area (Å²) < 4.78 is 42.5. The van der Waals surface area contributed by atoms with Crippen LogP contribution in [-0.4, -0.2) is 82.4 Å². The van der Waals surface area contributed by atoms with E-state index in [1.54, 1.807) is 23.0 Å². The third kappa shape index (κ3) is 3.96. The van der Waals surface area contributed by atoms with E-state index in [0.717, 1.165) is 11.4 Å². The van der Waals surface area contributed by atoms with E-state index in [0.29, 0.717) is 35.8 Å². The molecule has 184 valence electrons. The number of methoxy groups -OCH3 is 2. The van der Waals surface area contributed by atoms with Crippen LogP contribution in [0.3, 0.4) is 0 Å². The molecular weight excluding hydrogens is 472 g/mol. The van der Waals surface area contributed by atoms with Gasteiger partial charge in [-0.3, -0.25) is 4.68 Å². The fourth-order valence-corrected chi connectivity index (χ4v) is 5.87. The van der Waals surface area contributed by atoms with Crippen LogP contribution in [-0.2, 0) is 24.1 Å². The van der Waals surface area contributed by atoms with E-state index in [-0.39, 0.29) is 23.7 Å². The Hall–Kier alpha value is -3.71. The average Bonchev–Trinajstić information content (AvgIpc) is 3.46. The number of aryl methyl sites for hydroxylation is 2. The zero-order valence-electron chi connectivity index (χ0n) is 19.9.